The molecule has 1 aliphatic rings. The zero-order chi connectivity index (χ0) is 16.5. The zero-order valence-electron chi connectivity index (χ0n) is 13.1. The van der Waals surface area contributed by atoms with Gasteiger partial charge in [0.25, 0.3) is 0 Å². The van der Waals surface area contributed by atoms with Crippen LogP contribution in [0, 0.1) is 0 Å². The number of nitrogens with zero attached hydrogens (tertiary/aromatic N) is 3. The van der Waals surface area contributed by atoms with Gasteiger partial charge in [0.05, 0.1) is 12.1 Å². The molecular weight excluding hydrogens is 306 g/mol. The van der Waals surface area contributed by atoms with Crippen LogP contribution in [0.1, 0.15) is 36.5 Å². The van der Waals surface area contributed by atoms with Crippen LogP contribution >= 0.6 is 0 Å². The summed E-state index contributed by atoms with van der Waals surface area (Å²) in [6.07, 6.45) is 4.92. The average molecular weight is 323 g/mol. The fourth-order valence-electron chi connectivity index (χ4n) is 3.05. The molecule has 3 aromatic rings. The predicted octanol–water partition coefficient (Wildman–Crippen LogP) is 3.38. The molecule has 0 aliphatic carbocycles. The number of hydrogen-bond donors (Lipinski definition) is 1. The monoisotopic (exact) mass is 323 g/mol. The third-order valence-corrected chi connectivity index (χ3v) is 4.17. The molecule has 2 aromatic heterocycles. The van der Waals surface area contributed by atoms with Crippen molar-refractivity contribution in [1.29, 1.82) is 0 Å². The Labute approximate surface area is 138 Å². The molecule has 122 valence electrons. The van der Waals surface area contributed by atoms with E-state index in [4.69, 9.17) is 4.42 Å². The number of para-hydroxylation sites is 2. The van der Waals surface area contributed by atoms with E-state index in [0.29, 0.717) is 22.6 Å². The summed E-state index contributed by atoms with van der Waals surface area (Å²) in [7, 11) is 0. The molecule has 1 N–H and O–H groups in total. The number of rotatable bonds is 4. The van der Waals surface area contributed by atoms with Gasteiger partial charge in [0.2, 0.25) is 5.89 Å². The normalized spacial score (nSPS) is 14.8. The lowest BCUT2D eigenvalue weighted by Gasteiger charge is -2.11. The Hall–Kier alpha value is -2.89. The van der Waals surface area contributed by atoms with Gasteiger partial charge in [0.1, 0.15) is 5.52 Å². The Kier molecular flexibility index (Phi) is 3.65. The van der Waals surface area contributed by atoms with E-state index in [2.05, 4.69) is 10.1 Å². The predicted molar refractivity (Wildman–Crippen MR) is 89.3 cm³/mol. The van der Waals surface area contributed by atoms with Gasteiger partial charge in [-0.15, -0.1) is 0 Å². The van der Waals surface area contributed by atoms with E-state index < -0.39 is 5.97 Å². The highest BCUT2D eigenvalue weighted by Gasteiger charge is 2.16. The molecule has 0 bridgehead atoms. The summed E-state index contributed by atoms with van der Waals surface area (Å²) in [5.41, 5.74) is 3.83. The van der Waals surface area contributed by atoms with E-state index in [0.717, 1.165) is 25.1 Å². The smallest absolute Gasteiger partial charge is 0.308 e. The van der Waals surface area contributed by atoms with E-state index in [-0.39, 0.29) is 6.42 Å². The fourth-order valence-corrected chi connectivity index (χ4v) is 3.05. The molecule has 0 fully saturated rings. The maximum Gasteiger partial charge on any atom is 0.308 e. The standard InChI is InChI=1S/C18H17N3O3/c22-17(23)10-12(18-19-15-6-1-2-7-16(15)24-18)9-13-11-14-5-3-4-8-21(14)20-13/h1-2,6-7,9,11H,3-5,8,10H2,(H,22,23)/b12-9-. The first kappa shape index (κ1) is 14.7. The van der Waals surface area contributed by atoms with Crippen LogP contribution in [0.4, 0.5) is 0 Å². The van der Waals surface area contributed by atoms with Crippen LogP contribution in [0.2, 0.25) is 0 Å². The van der Waals surface area contributed by atoms with Crippen molar-refractivity contribution in [2.24, 2.45) is 0 Å². The van der Waals surface area contributed by atoms with Gasteiger partial charge in [0, 0.05) is 17.8 Å². The summed E-state index contributed by atoms with van der Waals surface area (Å²) < 4.78 is 7.73. The van der Waals surface area contributed by atoms with Crippen molar-refractivity contribution in [3.8, 4) is 0 Å². The van der Waals surface area contributed by atoms with Crippen molar-refractivity contribution in [2.75, 3.05) is 0 Å². The van der Waals surface area contributed by atoms with Gasteiger partial charge in [-0.05, 0) is 43.5 Å². The molecule has 4 rings (SSSR count). The number of aromatic nitrogens is 3. The summed E-state index contributed by atoms with van der Waals surface area (Å²) in [5, 5.41) is 13.8. The number of aliphatic carboxylic acids is 1. The maximum absolute atomic E-state index is 11.2. The third kappa shape index (κ3) is 2.82. The molecule has 0 saturated heterocycles. The molecule has 0 saturated carbocycles. The Morgan fingerprint density at radius 3 is 3.00 bits per heavy atom. The molecule has 6 heteroatoms. The third-order valence-electron chi connectivity index (χ3n) is 4.17. The highest BCUT2D eigenvalue weighted by Crippen LogP contribution is 2.26. The SMILES string of the molecule is O=C(O)C/C(=C/c1cc2n(n1)CCCC2)c1nc2ccccc2o1. The molecule has 1 aliphatic heterocycles. The minimum Gasteiger partial charge on any atom is -0.481 e. The van der Waals surface area contributed by atoms with Gasteiger partial charge in [-0.2, -0.15) is 5.10 Å². The van der Waals surface area contributed by atoms with Crippen molar-refractivity contribution in [3.63, 3.8) is 0 Å². The number of fused-ring (bicyclic) bond motifs is 2. The van der Waals surface area contributed by atoms with Gasteiger partial charge in [-0.1, -0.05) is 12.1 Å². The van der Waals surface area contributed by atoms with Gasteiger partial charge in [-0.3, -0.25) is 9.48 Å². The molecule has 6 nitrogen and oxygen atoms in total. The van der Waals surface area contributed by atoms with Crippen molar-refractivity contribution >= 4 is 28.7 Å². The van der Waals surface area contributed by atoms with E-state index >= 15 is 0 Å². The molecule has 0 spiro atoms. The summed E-state index contributed by atoms with van der Waals surface area (Å²) in [5.74, 6) is -0.586. The van der Waals surface area contributed by atoms with Gasteiger partial charge in [0.15, 0.2) is 5.58 Å². The van der Waals surface area contributed by atoms with Crippen molar-refractivity contribution in [2.45, 2.75) is 32.2 Å². The van der Waals surface area contributed by atoms with Crippen molar-refractivity contribution < 1.29 is 14.3 Å². The van der Waals surface area contributed by atoms with Crippen LogP contribution < -0.4 is 0 Å². The first-order chi connectivity index (χ1) is 11.7. The second-order valence-corrected chi connectivity index (χ2v) is 5.97. The summed E-state index contributed by atoms with van der Waals surface area (Å²) in [6, 6.07) is 9.42. The van der Waals surface area contributed by atoms with Crippen molar-refractivity contribution in [3.05, 3.63) is 47.6 Å². The van der Waals surface area contributed by atoms with Crippen LogP contribution in [0.15, 0.2) is 34.7 Å². The van der Waals surface area contributed by atoms with E-state index in [9.17, 15) is 9.90 Å². The van der Waals surface area contributed by atoms with Crippen LogP contribution in [0.5, 0.6) is 0 Å². The van der Waals surface area contributed by atoms with Gasteiger partial charge in [-0.25, -0.2) is 4.98 Å². The Bertz CT molecular complexity index is 880. The number of benzene rings is 1. The largest absolute Gasteiger partial charge is 0.481 e. The van der Waals surface area contributed by atoms with Crippen LogP contribution in [-0.2, 0) is 17.8 Å². The maximum atomic E-state index is 11.2. The zero-order valence-corrected chi connectivity index (χ0v) is 13.1. The lowest BCUT2D eigenvalue weighted by Crippen LogP contribution is -2.10. The molecular formula is C18H17N3O3. The minimum atomic E-state index is -0.924. The quantitative estimate of drug-likeness (QED) is 0.796. The van der Waals surface area contributed by atoms with Crippen molar-refractivity contribution in [1.82, 2.24) is 14.8 Å². The molecule has 24 heavy (non-hydrogen) atoms. The first-order valence-electron chi connectivity index (χ1n) is 8.04. The van der Waals surface area contributed by atoms with Gasteiger partial charge >= 0.3 is 5.97 Å². The molecule has 0 radical (unpaired) electrons. The number of carboxylic acids is 1. The van der Waals surface area contributed by atoms with E-state index in [1.54, 1.807) is 6.08 Å². The number of carbonyl (C=O) groups is 1. The lowest BCUT2D eigenvalue weighted by molar-refractivity contribution is -0.135. The average Bonchev–Trinajstić information content (AvgIpc) is 3.16. The Balaban J connectivity index is 1.75. The number of oxazole rings is 1. The first-order valence-corrected chi connectivity index (χ1v) is 8.04. The topological polar surface area (TPSA) is 81.1 Å². The molecule has 0 unspecified atom stereocenters. The van der Waals surface area contributed by atoms with Crippen LogP contribution in [0.3, 0.4) is 0 Å². The number of aryl methyl sites for hydroxylation is 2. The fraction of sp³-hybridized carbons (Fsp3) is 0.278. The highest BCUT2D eigenvalue weighted by molar-refractivity contribution is 5.90. The highest BCUT2D eigenvalue weighted by atomic mass is 16.4. The lowest BCUT2D eigenvalue weighted by atomic mass is 10.1. The Morgan fingerprint density at radius 1 is 1.33 bits per heavy atom. The molecule has 1 aromatic carbocycles. The minimum absolute atomic E-state index is 0.158. The molecule has 3 heterocycles. The molecule has 0 amide bonds. The second kappa shape index (κ2) is 5.96. The number of carboxylic acid groups (broad SMARTS) is 1. The van der Waals surface area contributed by atoms with Crippen LogP contribution in [0.25, 0.3) is 22.7 Å². The second-order valence-electron chi connectivity index (χ2n) is 5.97. The van der Waals surface area contributed by atoms with Gasteiger partial charge < -0.3 is 9.52 Å². The summed E-state index contributed by atoms with van der Waals surface area (Å²) in [6.45, 7) is 0.917. The van der Waals surface area contributed by atoms with E-state index in [1.165, 1.54) is 12.1 Å². The number of hydrogen-bond acceptors (Lipinski definition) is 4. The molecule has 0 atom stereocenters. The summed E-state index contributed by atoms with van der Waals surface area (Å²) >= 11 is 0. The van der Waals surface area contributed by atoms with Crippen LogP contribution in [-0.4, -0.2) is 25.8 Å². The Morgan fingerprint density at radius 2 is 2.21 bits per heavy atom. The van der Waals surface area contributed by atoms with E-state index in [1.807, 2.05) is 35.0 Å². The summed E-state index contributed by atoms with van der Waals surface area (Å²) in [4.78, 5) is 15.7.